The number of aliphatic hydroxyl groups excluding tert-OH is 6. The lowest BCUT2D eigenvalue weighted by atomic mass is 10.1. The van der Waals surface area contributed by atoms with Crippen LogP contribution in [0.5, 0.6) is 11.5 Å². The maximum atomic E-state index is 9.84. The third kappa shape index (κ3) is 15.5. The van der Waals surface area contributed by atoms with E-state index < -0.39 is 35.8 Å². The second-order valence-corrected chi connectivity index (χ2v) is 20.6. The SMILES string of the molecule is CC(C)(O)c1nc2cc3c(cc2[nH]1)OCO3.CC(C)(O)c1nc2ccccc2[nH]1.Cc1ccc2nc(CO)[nH]c2c1.OC(O)C(O)C(O)C(O)c1nc2ccccc2[nH]1.OCCc1nc2ccccc2[nH]1.[C-]#[N+]Cc1nc2ccc(C)cc2[nH]1. The van der Waals surface area contributed by atoms with Crippen LogP contribution < -0.4 is 9.47 Å². The molecule has 0 fully saturated rings. The first kappa shape index (κ1) is 61.0. The van der Waals surface area contributed by atoms with Crippen LogP contribution in [-0.2, 0) is 30.8 Å². The molecule has 0 spiro atoms. The number of nitrogens with zero attached hydrogens (tertiary/aromatic N) is 7. The Morgan fingerprint density at radius 2 is 0.940 bits per heavy atom. The summed E-state index contributed by atoms with van der Waals surface area (Å²) in [5.41, 5.74) is 11.0. The van der Waals surface area contributed by atoms with Crippen molar-refractivity contribution in [1.29, 1.82) is 0 Å². The van der Waals surface area contributed by atoms with Crippen LogP contribution in [0.25, 0.3) is 71.0 Å². The third-order valence-corrected chi connectivity index (χ3v) is 12.7. The number of fused-ring (bicyclic) bond motifs is 7. The lowest BCUT2D eigenvalue weighted by Crippen LogP contribution is -2.41. The van der Waals surface area contributed by atoms with Crippen LogP contribution in [0.1, 0.15) is 79.9 Å². The fourth-order valence-corrected chi connectivity index (χ4v) is 8.38. The lowest BCUT2D eigenvalue weighted by molar-refractivity contribution is -0.178. The summed E-state index contributed by atoms with van der Waals surface area (Å²) in [6, 6.07) is 38.2. The topological polar surface area (TPSA) is 377 Å². The molecule has 1 aliphatic heterocycles. The number of nitrogens with one attached hydrogen (secondary N) is 6. The molecular weight excluding hydrogens is 1080 g/mol. The molecule has 6 aromatic carbocycles. The minimum absolute atomic E-state index is 0.0340. The Morgan fingerprint density at radius 1 is 0.500 bits per heavy atom. The van der Waals surface area contributed by atoms with Gasteiger partial charge in [-0.25, -0.2) is 36.5 Å². The van der Waals surface area contributed by atoms with Gasteiger partial charge in [-0.05, 0) is 113 Å². The number of aryl methyl sites for hydroxylation is 2. The number of aromatic amines is 6. The Morgan fingerprint density at radius 3 is 1.45 bits per heavy atom. The number of H-pyrrole nitrogens is 6. The average molecular weight is 1150 g/mol. The predicted molar refractivity (Wildman–Crippen MR) is 315 cm³/mol. The molecule has 0 saturated heterocycles. The molecule has 3 atom stereocenters. The highest BCUT2D eigenvalue weighted by Gasteiger charge is 2.32. The van der Waals surface area contributed by atoms with Gasteiger partial charge >= 0.3 is 0 Å². The number of para-hydroxylation sites is 6. The van der Waals surface area contributed by atoms with E-state index in [0.717, 1.165) is 66.8 Å². The van der Waals surface area contributed by atoms with E-state index in [1.165, 1.54) is 11.1 Å². The highest BCUT2D eigenvalue weighted by atomic mass is 16.7. The summed E-state index contributed by atoms with van der Waals surface area (Å²) in [6.45, 7) is 18.3. The van der Waals surface area contributed by atoms with Gasteiger partial charge in [0.1, 0.15) is 65.2 Å². The predicted octanol–water partition coefficient (Wildman–Crippen LogP) is 6.69. The minimum atomic E-state index is -2.14. The molecule has 438 valence electrons. The Hall–Kier alpha value is -9.13. The van der Waals surface area contributed by atoms with Crippen molar-refractivity contribution in [2.75, 3.05) is 13.4 Å². The number of rotatable bonds is 10. The van der Waals surface area contributed by atoms with E-state index in [4.69, 9.17) is 36.5 Å². The van der Waals surface area contributed by atoms with Gasteiger partial charge in [0.25, 0.3) is 6.54 Å². The van der Waals surface area contributed by atoms with E-state index in [2.05, 4.69) is 64.7 Å². The molecule has 15 N–H and O–H groups in total. The van der Waals surface area contributed by atoms with Crippen LogP contribution in [-0.4, -0.2) is 138 Å². The number of aromatic nitrogens is 12. The zero-order chi connectivity index (χ0) is 60.3. The molecule has 3 unspecified atom stereocenters. The number of benzene rings is 6. The smallest absolute Gasteiger partial charge is 0.271 e. The Balaban J connectivity index is 0.000000132. The van der Waals surface area contributed by atoms with Crippen LogP contribution in [0.2, 0.25) is 0 Å². The maximum Gasteiger partial charge on any atom is 0.271 e. The van der Waals surface area contributed by atoms with E-state index in [9.17, 15) is 25.5 Å². The third-order valence-electron chi connectivity index (χ3n) is 12.7. The first-order valence-electron chi connectivity index (χ1n) is 26.5. The molecule has 1 aliphatic rings. The number of ether oxygens (including phenoxy) is 2. The second-order valence-electron chi connectivity index (χ2n) is 20.6. The highest BCUT2D eigenvalue weighted by molar-refractivity contribution is 5.81. The number of aliphatic hydroxyl groups is 9. The van der Waals surface area contributed by atoms with Crippen LogP contribution in [0, 0.1) is 20.4 Å². The normalized spacial score (nSPS) is 13.0. The molecule has 13 rings (SSSR count). The van der Waals surface area contributed by atoms with Crippen molar-refractivity contribution in [3.63, 3.8) is 0 Å². The van der Waals surface area contributed by atoms with Gasteiger partial charge in [-0.3, -0.25) is 0 Å². The summed E-state index contributed by atoms with van der Waals surface area (Å²) < 4.78 is 10.5. The highest BCUT2D eigenvalue weighted by Crippen LogP contribution is 2.36. The van der Waals surface area contributed by atoms with E-state index in [0.29, 0.717) is 53.0 Å². The monoisotopic (exact) mass is 1150 g/mol. The molecule has 24 heteroatoms. The zero-order valence-electron chi connectivity index (χ0n) is 46.9. The van der Waals surface area contributed by atoms with E-state index >= 15 is 0 Å². The standard InChI is InChI=1S/C11H14N2O5.C11H12N2O3.C10H9N3.C10H12N2O.2C9H10N2O/c14-7(9(16)11(17)18)8(15)10-12-5-3-1-2-4-6(5)13-10;1-11(2,14)10-12-6-3-8-9(16-5-15-8)4-7(6)13-10;1-7-3-4-8-9(5-7)13-10(12-8)6-11-2;1-10(2,13)9-11-7-5-3-4-6-8(7)12-9;1-6-2-3-7-8(4-6)11-9(5-12)10-7;12-6-5-9-10-7-3-1-2-4-8(7)11-9/h1-4,7-9,11,14-18H,(H,12,13);3-4,14H,5H2,1-2H3,(H,12,13);3-5H,6H2,1H3,(H,12,13);3-6,13H,1-2H3,(H,11,12);2-4,12H,5H2,1H3,(H,10,11);1-4,12H,5-6H2,(H,10,11). The molecule has 24 nitrogen and oxygen atoms in total. The summed E-state index contributed by atoms with van der Waals surface area (Å²) in [5.74, 6) is 4.80. The van der Waals surface area contributed by atoms with Gasteiger partial charge < -0.3 is 90.2 Å². The minimum Gasteiger partial charge on any atom is -0.454 e. The van der Waals surface area contributed by atoms with E-state index in [-0.39, 0.29) is 25.8 Å². The van der Waals surface area contributed by atoms with Crippen molar-refractivity contribution in [3.05, 3.63) is 179 Å². The number of hydrogen-bond donors (Lipinski definition) is 15. The molecule has 12 aromatic rings. The molecule has 6 aromatic heterocycles. The molecule has 0 amide bonds. The van der Waals surface area contributed by atoms with Gasteiger partial charge in [-0.15, -0.1) is 0 Å². The average Bonchev–Trinajstić information content (AvgIpc) is 4.52. The summed E-state index contributed by atoms with van der Waals surface area (Å²) >= 11 is 0. The molecule has 0 saturated carbocycles. The molecule has 84 heavy (non-hydrogen) atoms. The largest absolute Gasteiger partial charge is 0.454 e. The molecule has 0 bridgehead atoms. The van der Waals surface area contributed by atoms with Gasteiger partial charge in [0, 0.05) is 18.6 Å². The summed E-state index contributed by atoms with van der Waals surface area (Å²) in [5, 5.41) is 83.1. The Bertz CT molecular complexity index is 4000. The van der Waals surface area contributed by atoms with Gasteiger partial charge in [0.15, 0.2) is 23.6 Å². The quantitative estimate of drug-likeness (QED) is 0.0501. The Labute approximate surface area is 480 Å². The zero-order valence-corrected chi connectivity index (χ0v) is 46.9. The van der Waals surface area contributed by atoms with Crippen molar-refractivity contribution in [1.82, 2.24) is 59.8 Å². The van der Waals surface area contributed by atoms with E-state index in [1.807, 2.05) is 111 Å². The van der Waals surface area contributed by atoms with Crippen molar-refractivity contribution in [3.8, 4) is 11.5 Å². The van der Waals surface area contributed by atoms with Crippen molar-refractivity contribution >= 4 is 66.2 Å². The summed E-state index contributed by atoms with van der Waals surface area (Å²) in [6.07, 6.45) is -6.73. The number of imidazole rings is 6. The first-order chi connectivity index (χ1) is 40.1. The van der Waals surface area contributed by atoms with Gasteiger partial charge in [0.05, 0.1) is 72.8 Å². The van der Waals surface area contributed by atoms with Crippen molar-refractivity contribution in [2.45, 2.75) is 96.9 Å². The molecule has 7 heterocycles. The fraction of sp³-hybridized carbons (Fsp3) is 0.283. The summed E-state index contributed by atoms with van der Waals surface area (Å²) in [4.78, 5) is 46.8. The van der Waals surface area contributed by atoms with E-state index in [1.54, 1.807) is 52.0 Å². The molecular formula is C60H67N13O11. The van der Waals surface area contributed by atoms with Crippen LogP contribution in [0.15, 0.2) is 121 Å². The van der Waals surface area contributed by atoms with Crippen LogP contribution in [0.3, 0.4) is 0 Å². The molecule has 0 aliphatic carbocycles. The first-order valence-corrected chi connectivity index (χ1v) is 26.5. The van der Waals surface area contributed by atoms with Crippen LogP contribution >= 0.6 is 0 Å². The molecule has 0 radical (unpaired) electrons. The van der Waals surface area contributed by atoms with Crippen molar-refractivity contribution in [2.24, 2.45) is 0 Å². The van der Waals surface area contributed by atoms with Crippen molar-refractivity contribution < 1.29 is 55.4 Å². The van der Waals surface area contributed by atoms with Crippen LogP contribution in [0.4, 0.5) is 0 Å². The number of hydrogen-bond acceptors (Lipinski definition) is 17. The lowest BCUT2D eigenvalue weighted by Gasteiger charge is -2.22. The van der Waals surface area contributed by atoms with Gasteiger partial charge in [0.2, 0.25) is 6.79 Å². The second kappa shape index (κ2) is 26.8. The fourth-order valence-electron chi connectivity index (χ4n) is 8.38. The maximum absolute atomic E-state index is 9.84. The Kier molecular flexibility index (Phi) is 19.5. The summed E-state index contributed by atoms with van der Waals surface area (Å²) in [7, 11) is 0. The van der Waals surface area contributed by atoms with Gasteiger partial charge in [-0.2, -0.15) is 0 Å². The van der Waals surface area contributed by atoms with Gasteiger partial charge in [-0.1, -0.05) is 48.5 Å².